The molecule has 0 radical (unpaired) electrons. The van der Waals surface area contributed by atoms with E-state index in [1.807, 2.05) is 19.1 Å². The van der Waals surface area contributed by atoms with Gasteiger partial charge in [0.2, 0.25) is 5.91 Å². The fourth-order valence-electron chi connectivity index (χ4n) is 2.63. The normalized spacial score (nSPS) is 17.4. The Morgan fingerprint density at radius 3 is 2.84 bits per heavy atom. The zero-order chi connectivity index (χ0) is 13.8. The van der Waals surface area contributed by atoms with E-state index in [1.54, 1.807) is 0 Å². The first-order valence-corrected chi connectivity index (χ1v) is 7.30. The number of amides is 1. The molecule has 1 aliphatic rings. The van der Waals surface area contributed by atoms with Crippen LogP contribution in [0.25, 0.3) is 0 Å². The van der Waals surface area contributed by atoms with Gasteiger partial charge in [0, 0.05) is 5.69 Å². The minimum atomic E-state index is -0.426. The highest BCUT2D eigenvalue weighted by molar-refractivity contribution is 5.95. The van der Waals surface area contributed by atoms with Crippen LogP contribution in [0.3, 0.4) is 0 Å². The largest absolute Gasteiger partial charge is 0.324 e. The van der Waals surface area contributed by atoms with E-state index in [1.165, 1.54) is 24.0 Å². The third kappa shape index (κ3) is 3.16. The number of carbonyl (C=O) groups excluding carboxylic acids is 1. The first-order chi connectivity index (χ1) is 9.13. The number of aryl methyl sites for hydroxylation is 1. The molecular weight excluding hydrogens is 236 g/mol. The summed E-state index contributed by atoms with van der Waals surface area (Å²) in [7, 11) is 0. The zero-order valence-electron chi connectivity index (χ0n) is 11.9. The van der Waals surface area contributed by atoms with Crippen LogP contribution in [-0.4, -0.2) is 11.9 Å². The highest BCUT2D eigenvalue weighted by atomic mass is 16.2. The molecule has 0 aromatic heterocycles. The Morgan fingerprint density at radius 2 is 2.11 bits per heavy atom. The summed E-state index contributed by atoms with van der Waals surface area (Å²) in [6, 6.07) is 5.75. The van der Waals surface area contributed by atoms with Crippen LogP contribution in [0.4, 0.5) is 5.69 Å². The maximum Gasteiger partial charge on any atom is 0.241 e. The smallest absolute Gasteiger partial charge is 0.241 e. The predicted octanol–water partition coefficient (Wildman–Crippen LogP) is 2.88. The van der Waals surface area contributed by atoms with Gasteiger partial charge < -0.3 is 11.1 Å². The third-order valence-corrected chi connectivity index (χ3v) is 4.21. The average molecular weight is 260 g/mol. The van der Waals surface area contributed by atoms with Crippen LogP contribution in [0.15, 0.2) is 18.2 Å². The van der Waals surface area contributed by atoms with Gasteiger partial charge in [-0.05, 0) is 48.8 Å². The lowest BCUT2D eigenvalue weighted by molar-refractivity contribution is -0.118. The molecule has 1 aromatic carbocycles. The van der Waals surface area contributed by atoms with Gasteiger partial charge in [0.15, 0.2) is 0 Å². The van der Waals surface area contributed by atoms with E-state index in [-0.39, 0.29) is 11.8 Å². The predicted molar refractivity (Wildman–Crippen MR) is 79.1 cm³/mol. The van der Waals surface area contributed by atoms with Gasteiger partial charge in [-0.3, -0.25) is 4.79 Å². The van der Waals surface area contributed by atoms with Crippen molar-refractivity contribution in [3.05, 3.63) is 29.3 Å². The Hall–Kier alpha value is -1.35. The van der Waals surface area contributed by atoms with E-state index in [9.17, 15) is 4.79 Å². The number of benzene rings is 1. The second kappa shape index (κ2) is 6.20. The van der Waals surface area contributed by atoms with Gasteiger partial charge in [-0.2, -0.15) is 0 Å². The lowest BCUT2D eigenvalue weighted by Gasteiger charge is -2.22. The Bertz CT molecular complexity index is 456. The van der Waals surface area contributed by atoms with Crippen molar-refractivity contribution in [1.82, 2.24) is 0 Å². The number of fused-ring (bicyclic) bond motifs is 1. The molecule has 0 unspecified atom stereocenters. The number of hydrogen-bond acceptors (Lipinski definition) is 2. The van der Waals surface area contributed by atoms with E-state index in [4.69, 9.17) is 5.73 Å². The first kappa shape index (κ1) is 14.1. The van der Waals surface area contributed by atoms with E-state index in [0.29, 0.717) is 0 Å². The summed E-state index contributed by atoms with van der Waals surface area (Å²) >= 11 is 0. The van der Waals surface area contributed by atoms with Crippen molar-refractivity contribution in [3.8, 4) is 0 Å². The number of nitrogens with two attached hydrogens (primary N) is 1. The Morgan fingerprint density at radius 1 is 1.37 bits per heavy atom. The topological polar surface area (TPSA) is 55.1 Å². The maximum absolute atomic E-state index is 12.2. The van der Waals surface area contributed by atoms with Gasteiger partial charge >= 0.3 is 0 Å². The van der Waals surface area contributed by atoms with E-state index in [2.05, 4.69) is 18.3 Å². The second-order valence-corrected chi connectivity index (χ2v) is 5.55. The molecule has 0 heterocycles. The second-order valence-electron chi connectivity index (χ2n) is 5.55. The molecule has 1 amide bonds. The molecule has 3 heteroatoms. The number of hydrogen-bond donors (Lipinski definition) is 2. The van der Waals surface area contributed by atoms with Crippen molar-refractivity contribution in [2.75, 3.05) is 5.32 Å². The fraction of sp³-hybridized carbons (Fsp3) is 0.562. The minimum absolute atomic E-state index is 0.0617. The van der Waals surface area contributed by atoms with E-state index >= 15 is 0 Å². The van der Waals surface area contributed by atoms with Gasteiger partial charge in [-0.15, -0.1) is 0 Å². The number of rotatable bonds is 4. The molecule has 19 heavy (non-hydrogen) atoms. The van der Waals surface area contributed by atoms with Crippen molar-refractivity contribution >= 4 is 11.6 Å². The van der Waals surface area contributed by atoms with Crippen molar-refractivity contribution < 1.29 is 4.79 Å². The van der Waals surface area contributed by atoms with Crippen LogP contribution in [0.2, 0.25) is 0 Å². The van der Waals surface area contributed by atoms with Gasteiger partial charge in [0.05, 0.1) is 6.04 Å². The van der Waals surface area contributed by atoms with Gasteiger partial charge in [-0.1, -0.05) is 32.4 Å². The lowest BCUT2D eigenvalue weighted by Crippen LogP contribution is -2.40. The SMILES string of the molecule is CC[C@H](C)[C@H](N)C(=O)Nc1cccc2c1CCCC2. The van der Waals surface area contributed by atoms with Crippen molar-refractivity contribution in [1.29, 1.82) is 0 Å². The molecule has 0 aliphatic heterocycles. The molecule has 0 saturated heterocycles. The monoisotopic (exact) mass is 260 g/mol. The van der Waals surface area contributed by atoms with Crippen LogP contribution in [0.1, 0.15) is 44.2 Å². The highest BCUT2D eigenvalue weighted by Crippen LogP contribution is 2.28. The summed E-state index contributed by atoms with van der Waals surface area (Å²) in [5.74, 6) is 0.146. The average Bonchev–Trinajstić information content (AvgIpc) is 2.46. The molecule has 0 bridgehead atoms. The molecule has 0 spiro atoms. The summed E-state index contributed by atoms with van der Waals surface area (Å²) < 4.78 is 0. The van der Waals surface area contributed by atoms with E-state index < -0.39 is 6.04 Å². The fourth-order valence-corrected chi connectivity index (χ4v) is 2.63. The Balaban J connectivity index is 2.13. The molecule has 0 saturated carbocycles. The Labute approximate surface area is 115 Å². The molecule has 3 nitrogen and oxygen atoms in total. The molecule has 0 fully saturated rings. The van der Waals surface area contributed by atoms with Crippen LogP contribution >= 0.6 is 0 Å². The molecular formula is C16H24N2O. The summed E-state index contributed by atoms with van der Waals surface area (Å²) in [4.78, 5) is 12.2. The van der Waals surface area contributed by atoms with Crippen molar-refractivity contribution in [3.63, 3.8) is 0 Å². The summed E-state index contributed by atoms with van der Waals surface area (Å²) in [6.45, 7) is 4.08. The molecule has 2 atom stereocenters. The molecule has 1 aliphatic carbocycles. The molecule has 3 N–H and O–H groups in total. The summed E-state index contributed by atoms with van der Waals surface area (Å²) in [5, 5.41) is 3.02. The standard InChI is InChI=1S/C16H24N2O/c1-3-11(2)15(17)16(19)18-14-10-6-8-12-7-4-5-9-13(12)14/h6,8,10-11,15H,3-5,7,9,17H2,1-2H3,(H,18,19)/t11-,15-/m0/s1. The number of carbonyl (C=O) groups is 1. The van der Waals surface area contributed by atoms with Crippen LogP contribution in [-0.2, 0) is 17.6 Å². The highest BCUT2D eigenvalue weighted by Gasteiger charge is 2.21. The molecule has 2 rings (SSSR count). The van der Waals surface area contributed by atoms with Gasteiger partial charge in [0.25, 0.3) is 0 Å². The minimum Gasteiger partial charge on any atom is -0.324 e. The van der Waals surface area contributed by atoms with Crippen molar-refractivity contribution in [2.24, 2.45) is 11.7 Å². The molecule has 1 aromatic rings. The van der Waals surface area contributed by atoms with E-state index in [0.717, 1.165) is 24.9 Å². The van der Waals surface area contributed by atoms with Crippen LogP contribution < -0.4 is 11.1 Å². The number of nitrogens with one attached hydrogen (secondary N) is 1. The van der Waals surface area contributed by atoms with Gasteiger partial charge in [0.1, 0.15) is 0 Å². The number of anilines is 1. The summed E-state index contributed by atoms with van der Waals surface area (Å²) in [5.41, 5.74) is 9.62. The quantitative estimate of drug-likeness (QED) is 0.874. The maximum atomic E-state index is 12.2. The zero-order valence-corrected chi connectivity index (χ0v) is 11.9. The third-order valence-electron chi connectivity index (χ3n) is 4.21. The first-order valence-electron chi connectivity index (χ1n) is 7.30. The van der Waals surface area contributed by atoms with Crippen LogP contribution in [0.5, 0.6) is 0 Å². The van der Waals surface area contributed by atoms with Crippen molar-refractivity contribution in [2.45, 2.75) is 52.0 Å². The van der Waals surface area contributed by atoms with Crippen LogP contribution in [0, 0.1) is 5.92 Å². The summed E-state index contributed by atoms with van der Waals surface area (Å²) in [6.07, 6.45) is 5.55. The molecule has 104 valence electrons. The van der Waals surface area contributed by atoms with Gasteiger partial charge in [-0.25, -0.2) is 0 Å². The lowest BCUT2D eigenvalue weighted by atomic mass is 9.90. The Kier molecular flexibility index (Phi) is 4.59.